The molecule has 1 saturated carbocycles. The van der Waals surface area contributed by atoms with E-state index in [4.69, 9.17) is 4.42 Å². The summed E-state index contributed by atoms with van der Waals surface area (Å²) in [5.41, 5.74) is 0. The molecule has 1 aliphatic rings. The van der Waals surface area contributed by atoms with Crippen molar-refractivity contribution in [1.29, 1.82) is 0 Å². The van der Waals surface area contributed by atoms with Crippen LogP contribution in [0.4, 0.5) is 0 Å². The molecule has 1 aliphatic carbocycles. The van der Waals surface area contributed by atoms with Crippen LogP contribution in [0.2, 0.25) is 0 Å². The summed E-state index contributed by atoms with van der Waals surface area (Å²) in [5, 5.41) is 2.75. The third-order valence-electron chi connectivity index (χ3n) is 2.99. The molecule has 7 heteroatoms. The maximum Gasteiger partial charge on any atom is 0.223 e. The highest BCUT2D eigenvalue weighted by Gasteiger charge is 2.29. The molecule has 19 heavy (non-hydrogen) atoms. The fourth-order valence-electron chi connectivity index (χ4n) is 1.73. The van der Waals surface area contributed by atoms with Gasteiger partial charge in [-0.25, -0.2) is 8.42 Å². The highest BCUT2D eigenvalue weighted by molar-refractivity contribution is 7.88. The molecule has 0 saturated heterocycles. The Morgan fingerprint density at radius 1 is 1.53 bits per heavy atom. The maximum absolute atomic E-state index is 11.7. The standard InChI is InChI=1S/C12H18N2O4S/c1-19(16,17)14(9-11-3-2-8-18-11)7-6-13-12(15)10-4-5-10/h2-3,8,10H,4-7,9H2,1H3,(H,13,15). The molecule has 1 fully saturated rings. The number of nitrogens with zero attached hydrogens (tertiary/aromatic N) is 1. The van der Waals surface area contributed by atoms with Gasteiger partial charge in [-0.15, -0.1) is 0 Å². The molecule has 0 unspecified atom stereocenters. The minimum absolute atomic E-state index is 0.0199. The number of rotatable bonds is 7. The van der Waals surface area contributed by atoms with Crippen LogP contribution in [0.5, 0.6) is 0 Å². The van der Waals surface area contributed by atoms with Crippen molar-refractivity contribution in [3.8, 4) is 0 Å². The van der Waals surface area contributed by atoms with E-state index in [9.17, 15) is 13.2 Å². The highest BCUT2D eigenvalue weighted by atomic mass is 32.2. The van der Waals surface area contributed by atoms with Gasteiger partial charge in [-0.3, -0.25) is 4.79 Å². The topological polar surface area (TPSA) is 79.6 Å². The van der Waals surface area contributed by atoms with Gasteiger partial charge in [0.15, 0.2) is 0 Å². The van der Waals surface area contributed by atoms with Crippen molar-refractivity contribution >= 4 is 15.9 Å². The zero-order valence-corrected chi connectivity index (χ0v) is 11.6. The molecular formula is C12H18N2O4S. The summed E-state index contributed by atoms with van der Waals surface area (Å²) < 4.78 is 29.7. The molecule has 0 bridgehead atoms. The molecule has 106 valence electrons. The maximum atomic E-state index is 11.7. The van der Waals surface area contributed by atoms with Gasteiger partial charge in [0.2, 0.25) is 15.9 Å². The number of carbonyl (C=O) groups is 1. The fourth-order valence-corrected chi connectivity index (χ4v) is 2.52. The Bertz CT molecular complexity index is 520. The van der Waals surface area contributed by atoms with E-state index in [1.54, 1.807) is 12.1 Å². The van der Waals surface area contributed by atoms with Crippen molar-refractivity contribution in [3.05, 3.63) is 24.2 Å². The first-order chi connectivity index (χ1) is 8.97. The summed E-state index contributed by atoms with van der Waals surface area (Å²) in [6.07, 6.45) is 4.53. The first kappa shape index (κ1) is 14.1. The van der Waals surface area contributed by atoms with E-state index in [1.807, 2.05) is 0 Å². The van der Waals surface area contributed by atoms with Gasteiger partial charge in [-0.2, -0.15) is 4.31 Å². The van der Waals surface area contributed by atoms with Crippen molar-refractivity contribution in [2.75, 3.05) is 19.3 Å². The number of furan rings is 1. The van der Waals surface area contributed by atoms with E-state index in [-0.39, 0.29) is 24.9 Å². The molecule has 1 amide bonds. The van der Waals surface area contributed by atoms with E-state index in [2.05, 4.69) is 5.32 Å². The van der Waals surface area contributed by atoms with E-state index in [0.29, 0.717) is 12.3 Å². The van der Waals surface area contributed by atoms with Gasteiger partial charge in [-0.1, -0.05) is 0 Å². The van der Waals surface area contributed by atoms with Gasteiger partial charge in [-0.05, 0) is 25.0 Å². The quantitative estimate of drug-likeness (QED) is 0.794. The smallest absolute Gasteiger partial charge is 0.223 e. The summed E-state index contributed by atoms with van der Waals surface area (Å²) >= 11 is 0. The van der Waals surface area contributed by atoms with E-state index in [0.717, 1.165) is 19.1 Å². The predicted octanol–water partition coefficient (Wildman–Crippen LogP) is 0.567. The van der Waals surface area contributed by atoms with Gasteiger partial charge in [0.1, 0.15) is 5.76 Å². The molecule has 0 aliphatic heterocycles. The van der Waals surface area contributed by atoms with Gasteiger partial charge in [0.05, 0.1) is 19.1 Å². The second-order valence-corrected chi connectivity index (χ2v) is 6.72. The molecular weight excluding hydrogens is 268 g/mol. The number of amides is 1. The molecule has 0 spiro atoms. The molecule has 1 heterocycles. The van der Waals surface area contributed by atoms with Gasteiger partial charge >= 0.3 is 0 Å². The molecule has 0 radical (unpaired) electrons. The van der Waals surface area contributed by atoms with Crippen molar-refractivity contribution in [2.45, 2.75) is 19.4 Å². The molecule has 2 rings (SSSR count). The zero-order valence-electron chi connectivity index (χ0n) is 10.8. The lowest BCUT2D eigenvalue weighted by Gasteiger charge is -2.18. The fraction of sp³-hybridized carbons (Fsp3) is 0.583. The number of carbonyl (C=O) groups excluding carboxylic acids is 1. The Kier molecular flexibility index (Phi) is 4.26. The number of sulfonamides is 1. The lowest BCUT2D eigenvalue weighted by Crippen LogP contribution is -2.38. The molecule has 1 aromatic rings. The summed E-state index contributed by atoms with van der Waals surface area (Å²) in [6, 6.07) is 3.44. The number of hydrogen-bond donors (Lipinski definition) is 1. The first-order valence-corrected chi connectivity index (χ1v) is 8.07. The van der Waals surface area contributed by atoms with Crippen LogP contribution in [0.15, 0.2) is 22.8 Å². The average Bonchev–Trinajstić information content (AvgIpc) is 3.05. The third kappa shape index (κ3) is 4.36. The van der Waals surface area contributed by atoms with Crippen LogP contribution >= 0.6 is 0 Å². The minimum Gasteiger partial charge on any atom is -0.468 e. The Labute approximate surface area is 112 Å². The third-order valence-corrected chi connectivity index (χ3v) is 4.24. The number of hydrogen-bond acceptors (Lipinski definition) is 4. The first-order valence-electron chi connectivity index (χ1n) is 6.22. The Hall–Kier alpha value is -1.34. The van der Waals surface area contributed by atoms with Gasteiger partial charge < -0.3 is 9.73 Å². The Morgan fingerprint density at radius 2 is 2.26 bits per heavy atom. The SMILES string of the molecule is CS(=O)(=O)N(CCNC(=O)C1CC1)Cc1ccco1. The minimum atomic E-state index is -3.32. The average molecular weight is 286 g/mol. The van der Waals surface area contributed by atoms with E-state index in [1.165, 1.54) is 10.6 Å². The summed E-state index contributed by atoms with van der Waals surface area (Å²) in [6.45, 7) is 0.756. The monoisotopic (exact) mass is 286 g/mol. The van der Waals surface area contributed by atoms with Crippen LogP contribution in [-0.2, 0) is 21.4 Å². The van der Waals surface area contributed by atoms with Crippen LogP contribution in [0.3, 0.4) is 0 Å². The summed E-state index contributed by atoms with van der Waals surface area (Å²) in [5.74, 6) is 0.738. The highest BCUT2D eigenvalue weighted by Crippen LogP contribution is 2.28. The number of nitrogens with one attached hydrogen (secondary N) is 1. The van der Waals surface area contributed by atoms with Gasteiger partial charge in [0.25, 0.3) is 0 Å². The van der Waals surface area contributed by atoms with Crippen LogP contribution in [0, 0.1) is 5.92 Å². The lowest BCUT2D eigenvalue weighted by molar-refractivity contribution is -0.122. The largest absolute Gasteiger partial charge is 0.468 e. The second kappa shape index (κ2) is 5.75. The summed E-state index contributed by atoms with van der Waals surface area (Å²) in [7, 11) is -3.32. The van der Waals surface area contributed by atoms with Crippen molar-refractivity contribution in [1.82, 2.24) is 9.62 Å². The normalized spacial score (nSPS) is 15.7. The lowest BCUT2D eigenvalue weighted by atomic mass is 10.4. The van der Waals surface area contributed by atoms with Crippen molar-refractivity contribution in [3.63, 3.8) is 0 Å². The van der Waals surface area contributed by atoms with E-state index >= 15 is 0 Å². The molecule has 0 atom stereocenters. The summed E-state index contributed by atoms with van der Waals surface area (Å²) in [4.78, 5) is 11.5. The van der Waals surface area contributed by atoms with Gasteiger partial charge in [0, 0.05) is 19.0 Å². The Balaban J connectivity index is 1.85. The molecule has 1 N–H and O–H groups in total. The Morgan fingerprint density at radius 3 is 2.79 bits per heavy atom. The predicted molar refractivity (Wildman–Crippen MR) is 69.7 cm³/mol. The van der Waals surface area contributed by atoms with Crippen molar-refractivity contribution in [2.24, 2.45) is 5.92 Å². The molecule has 6 nitrogen and oxygen atoms in total. The van der Waals surface area contributed by atoms with Crippen LogP contribution in [0.25, 0.3) is 0 Å². The van der Waals surface area contributed by atoms with Crippen LogP contribution < -0.4 is 5.32 Å². The zero-order chi connectivity index (χ0) is 13.9. The molecule has 1 aromatic heterocycles. The van der Waals surface area contributed by atoms with Crippen molar-refractivity contribution < 1.29 is 17.6 Å². The molecule has 0 aromatic carbocycles. The van der Waals surface area contributed by atoms with Crippen LogP contribution in [0.1, 0.15) is 18.6 Å². The van der Waals surface area contributed by atoms with E-state index < -0.39 is 10.0 Å². The second-order valence-electron chi connectivity index (χ2n) is 4.74. The van der Waals surface area contributed by atoms with Crippen LogP contribution in [-0.4, -0.2) is 38.0 Å².